The van der Waals surface area contributed by atoms with Gasteiger partial charge in [0.15, 0.2) is 0 Å². The molecule has 1 aliphatic rings. The van der Waals surface area contributed by atoms with Crippen molar-refractivity contribution >= 4 is 18.0 Å². The molecule has 114 valence electrons. The molecule has 0 unspecified atom stereocenters. The molecule has 0 radical (unpaired) electrons. The lowest BCUT2D eigenvalue weighted by atomic mass is 10.3. The van der Waals surface area contributed by atoms with Crippen molar-refractivity contribution < 1.29 is 24.2 Å². The quantitative estimate of drug-likeness (QED) is 0.486. The molecule has 1 aliphatic carbocycles. The predicted molar refractivity (Wildman–Crippen MR) is 71.2 cm³/mol. The summed E-state index contributed by atoms with van der Waals surface area (Å²) in [5, 5.41) is 11.4. The van der Waals surface area contributed by atoms with Crippen molar-refractivity contribution in [1.82, 2.24) is 10.2 Å². The zero-order valence-corrected chi connectivity index (χ0v) is 11.8. The summed E-state index contributed by atoms with van der Waals surface area (Å²) in [6.45, 7) is 2.71. The van der Waals surface area contributed by atoms with Crippen LogP contribution in [-0.4, -0.2) is 53.7 Å². The van der Waals surface area contributed by atoms with Crippen LogP contribution in [0.3, 0.4) is 0 Å². The summed E-state index contributed by atoms with van der Waals surface area (Å²) in [5.74, 6) is -1.18. The van der Waals surface area contributed by atoms with E-state index in [1.165, 1.54) is 0 Å². The van der Waals surface area contributed by atoms with Crippen LogP contribution in [0.1, 0.15) is 39.0 Å². The molecule has 1 fully saturated rings. The third-order valence-corrected chi connectivity index (χ3v) is 2.95. The van der Waals surface area contributed by atoms with E-state index in [1.807, 2.05) is 0 Å². The number of carbonyl (C=O) groups is 3. The minimum absolute atomic E-state index is 0.0489. The first-order chi connectivity index (χ1) is 9.54. The van der Waals surface area contributed by atoms with Gasteiger partial charge in [0.2, 0.25) is 0 Å². The number of carboxylic acids is 1. The summed E-state index contributed by atoms with van der Waals surface area (Å²) < 4.78 is 4.78. The number of hydrogen-bond donors (Lipinski definition) is 2. The van der Waals surface area contributed by atoms with Gasteiger partial charge in [-0.3, -0.25) is 9.59 Å². The molecular formula is C13H22N2O5. The minimum Gasteiger partial charge on any atom is -0.481 e. The third kappa shape index (κ3) is 6.40. The van der Waals surface area contributed by atoms with Gasteiger partial charge in [-0.05, 0) is 26.2 Å². The average Bonchev–Trinajstić information content (AvgIpc) is 3.19. The minimum atomic E-state index is -0.911. The second kappa shape index (κ2) is 8.39. The summed E-state index contributed by atoms with van der Waals surface area (Å²) in [7, 11) is 0. The Morgan fingerprint density at radius 3 is 2.55 bits per heavy atom. The topological polar surface area (TPSA) is 95.9 Å². The van der Waals surface area contributed by atoms with Crippen LogP contribution in [0.25, 0.3) is 0 Å². The Labute approximate surface area is 118 Å². The highest BCUT2D eigenvalue weighted by molar-refractivity contribution is 5.76. The number of carbonyl (C=O) groups excluding carboxylic acids is 2. The summed E-state index contributed by atoms with van der Waals surface area (Å²) in [4.78, 5) is 35.1. The third-order valence-electron chi connectivity index (χ3n) is 2.95. The first-order valence-electron chi connectivity index (χ1n) is 6.96. The molecule has 1 saturated carbocycles. The highest BCUT2D eigenvalue weighted by Gasteiger charge is 2.32. The Hall–Kier alpha value is -1.79. The molecule has 0 heterocycles. The predicted octanol–water partition coefficient (Wildman–Crippen LogP) is 0.978. The Morgan fingerprint density at radius 1 is 1.30 bits per heavy atom. The van der Waals surface area contributed by atoms with Gasteiger partial charge in [-0.2, -0.15) is 0 Å². The Balaban J connectivity index is 2.21. The van der Waals surface area contributed by atoms with Gasteiger partial charge < -0.3 is 20.1 Å². The van der Waals surface area contributed by atoms with Gasteiger partial charge >= 0.3 is 18.0 Å². The lowest BCUT2D eigenvalue weighted by Crippen LogP contribution is -2.42. The van der Waals surface area contributed by atoms with Crippen molar-refractivity contribution in [2.45, 2.75) is 45.1 Å². The molecule has 2 N–H and O–H groups in total. The molecule has 0 aromatic heterocycles. The van der Waals surface area contributed by atoms with Gasteiger partial charge in [0.25, 0.3) is 0 Å². The first kappa shape index (κ1) is 16.3. The van der Waals surface area contributed by atoms with E-state index in [0.29, 0.717) is 19.6 Å². The zero-order chi connectivity index (χ0) is 15.0. The Morgan fingerprint density at radius 2 is 2.00 bits per heavy atom. The summed E-state index contributed by atoms with van der Waals surface area (Å²) in [5.41, 5.74) is 0. The molecule has 0 spiro atoms. The van der Waals surface area contributed by atoms with Crippen molar-refractivity contribution in [2.24, 2.45) is 0 Å². The maximum atomic E-state index is 11.9. The van der Waals surface area contributed by atoms with Crippen LogP contribution in [0.5, 0.6) is 0 Å². The van der Waals surface area contributed by atoms with Gasteiger partial charge in [-0.1, -0.05) is 0 Å². The SMILES string of the molecule is CCOC(=O)CCCNC(=O)N(CCC(=O)O)C1CC1. The fourth-order valence-electron chi connectivity index (χ4n) is 1.81. The van der Waals surface area contributed by atoms with E-state index in [9.17, 15) is 14.4 Å². The molecule has 0 saturated heterocycles. The molecule has 2 amide bonds. The van der Waals surface area contributed by atoms with Gasteiger partial charge in [-0.15, -0.1) is 0 Å². The van der Waals surface area contributed by atoms with Crippen LogP contribution < -0.4 is 5.32 Å². The summed E-state index contributed by atoms with van der Waals surface area (Å²) >= 11 is 0. The van der Waals surface area contributed by atoms with Crippen LogP contribution in [0.4, 0.5) is 4.79 Å². The Bertz CT molecular complexity index is 355. The molecule has 0 aromatic carbocycles. The van der Waals surface area contributed by atoms with Crippen molar-refractivity contribution in [1.29, 1.82) is 0 Å². The van der Waals surface area contributed by atoms with Gasteiger partial charge in [0.05, 0.1) is 13.0 Å². The monoisotopic (exact) mass is 286 g/mol. The van der Waals surface area contributed by atoms with Crippen LogP contribution in [-0.2, 0) is 14.3 Å². The highest BCUT2D eigenvalue weighted by Crippen LogP contribution is 2.26. The molecule has 0 bridgehead atoms. The van der Waals surface area contributed by atoms with Crippen LogP contribution in [0.2, 0.25) is 0 Å². The van der Waals surface area contributed by atoms with Gasteiger partial charge in [0, 0.05) is 25.6 Å². The molecule has 0 aliphatic heterocycles. The van der Waals surface area contributed by atoms with Gasteiger partial charge in [0.1, 0.15) is 0 Å². The van der Waals surface area contributed by atoms with E-state index in [1.54, 1.807) is 11.8 Å². The lowest BCUT2D eigenvalue weighted by molar-refractivity contribution is -0.143. The van der Waals surface area contributed by atoms with E-state index in [-0.39, 0.29) is 37.4 Å². The molecule has 20 heavy (non-hydrogen) atoms. The molecule has 1 rings (SSSR count). The number of nitrogens with one attached hydrogen (secondary N) is 1. The Kier molecular flexibility index (Phi) is 6.83. The second-order valence-electron chi connectivity index (χ2n) is 4.71. The van der Waals surface area contributed by atoms with E-state index in [0.717, 1.165) is 12.8 Å². The standard InChI is InChI=1S/C13H22N2O5/c1-2-20-12(18)4-3-8-14-13(19)15(10-5-6-10)9-7-11(16)17/h10H,2-9H2,1H3,(H,14,19)(H,16,17). The van der Waals surface area contributed by atoms with Crippen molar-refractivity contribution in [3.8, 4) is 0 Å². The fraction of sp³-hybridized carbons (Fsp3) is 0.769. The average molecular weight is 286 g/mol. The number of hydrogen-bond acceptors (Lipinski definition) is 4. The molecular weight excluding hydrogens is 264 g/mol. The van der Waals surface area contributed by atoms with Crippen LogP contribution in [0.15, 0.2) is 0 Å². The number of amides is 2. The highest BCUT2D eigenvalue weighted by atomic mass is 16.5. The van der Waals surface area contributed by atoms with E-state index in [2.05, 4.69) is 5.32 Å². The number of ether oxygens (including phenoxy) is 1. The fourth-order valence-corrected chi connectivity index (χ4v) is 1.81. The number of aliphatic carboxylic acids is 1. The van der Waals surface area contributed by atoms with Crippen molar-refractivity contribution in [2.75, 3.05) is 19.7 Å². The molecule has 0 atom stereocenters. The van der Waals surface area contributed by atoms with Crippen LogP contribution >= 0.6 is 0 Å². The number of esters is 1. The van der Waals surface area contributed by atoms with E-state index < -0.39 is 5.97 Å². The maximum absolute atomic E-state index is 11.9. The molecule has 7 heteroatoms. The van der Waals surface area contributed by atoms with Crippen molar-refractivity contribution in [3.05, 3.63) is 0 Å². The number of carboxylic acid groups (broad SMARTS) is 1. The summed E-state index contributed by atoms with van der Waals surface area (Å²) in [6, 6.07) is -0.0861. The second-order valence-corrected chi connectivity index (χ2v) is 4.71. The largest absolute Gasteiger partial charge is 0.481 e. The number of urea groups is 1. The number of rotatable bonds is 9. The molecule has 0 aromatic rings. The maximum Gasteiger partial charge on any atom is 0.317 e. The molecule has 7 nitrogen and oxygen atoms in total. The normalized spacial score (nSPS) is 13.7. The van der Waals surface area contributed by atoms with Crippen molar-refractivity contribution in [3.63, 3.8) is 0 Å². The first-order valence-corrected chi connectivity index (χ1v) is 6.96. The lowest BCUT2D eigenvalue weighted by Gasteiger charge is -2.22. The van der Waals surface area contributed by atoms with Crippen LogP contribution in [0, 0.1) is 0 Å². The number of nitrogens with zero attached hydrogens (tertiary/aromatic N) is 1. The smallest absolute Gasteiger partial charge is 0.317 e. The summed E-state index contributed by atoms with van der Waals surface area (Å²) in [6.07, 6.45) is 2.59. The zero-order valence-electron chi connectivity index (χ0n) is 11.8. The van der Waals surface area contributed by atoms with E-state index >= 15 is 0 Å². The van der Waals surface area contributed by atoms with E-state index in [4.69, 9.17) is 9.84 Å². The van der Waals surface area contributed by atoms with Gasteiger partial charge in [-0.25, -0.2) is 4.79 Å².